The zero-order valence-electron chi connectivity index (χ0n) is 20.7. The van der Waals surface area contributed by atoms with Gasteiger partial charge >= 0.3 is 11.9 Å². The summed E-state index contributed by atoms with van der Waals surface area (Å²) in [5, 5.41) is 0. The van der Waals surface area contributed by atoms with Crippen LogP contribution in [-0.2, 0) is 9.47 Å². The predicted octanol–water partition coefficient (Wildman–Crippen LogP) is 6.32. The molecule has 32 heavy (non-hydrogen) atoms. The Balaban J connectivity index is 1.62. The fourth-order valence-electron chi connectivity index (χ4n) is 5.54. The quantitative estimate of drug-likeness (QED) is 0.482. The van der Waals surface area contributed by atoms with Gasteiger partial charge in [-0.1, -0.05) is 54.4 Å². The van der Waals surface area contributed by atoms with E-state index >= 15 is 0 Å². The van der Waals surface area contributed by atoms with Crippen LogP contribution in [0.25, 0.3) is 0 Å². The van der Waals surface area contributed by atoms with Gasteiger partial charge in [0.1, 0.15) is 17.9 Å². The number of pyridine rings is 1. The summed E-state index contributed by atoms with van der Waals surface area (Å²) in [7, 11) is 0. The van der Waals surface area contributed by atoms with Gasteiger partial charge in [0.05, 0.1) is 5.56 Å². The molecule has 5 heteroatoms. The summed E-state index contributed by atoms with van der Waals surface area (Å²) in [6.07, 6.45) is 7.67. The summed E-state index contributed by atoms with van der Waals surface area (Å²) >= 11 is 0. The first-order valence-electron chi connectivity index (χ1n) is 12.5. The predicted molar refractivity (Wildman–Crippen MR) is 125 cm³/mol. The molecule has 2 fully saturated rings. The van der Waals surface area contributed by atoms with Crippen LogP contribution in [0.3, 0.4) is 0 Å². The van der Waals surface area contributed by atoms with Crippen LogP contribution >= 0.6 is 0 Å². The van der Waals surface area contributed by atoms with Crippen molar-refractivity contribution in [1.29, 1.82) is 0 Å². The summed E-state index contributed by atoms with van der Waals surface area (Å²) in [4.78, 5) is 29.7. The van der Waals surface area contributed by atoms with Crippen molar-refractivity contribution in [2.45, 2.75) is 92.3 Å². The number of carbonyl (C=O) groups excluding carboxylic acids is 2. The average molecular weight is 444 g/mol. The van der Waals surface area contributed by atoms with E-state index in [2.05, 4.69) is 46.5 Å². The van der Waals surface area contributed by atoms with Crippen molar-refractivity contribution in [3.05, 3.63) is 29.6 Å². The van der Waals surface area contributed by atoms with Gasteiger partial charge in [0.2, 0.25) is 0 Å². The molecular weight excluding hydrogens is 402 g/mol. The van der Waals surface area contributed by atoms with Crippen LogP contribution in [0.5, 0.6) is 0 Å². The van der Waals surface area contributed by atoms with Crippen molar-refractivity contribution < 1.29 is 19.1 Å². The molecule has 1 aromatic rings. The number of hydrogen-bond acceptors (Lipinski definition) is 5. The van der Waals surface area contributed by atoms with Crippen molar-refractivity contribution in [1.82, 2.24) is 4.98 Å². The molecule has 0 N–H and O–H groups in total. The second-order valence-electron chi connectivity index (χ2n) is 11.0. The zero-order valence-corrected chi connectivity index (χ0v) is 20.7. The van der Waals surface area contributed by atoms with Crippen LogP contribution in [0.2, 0.25) is 0 Å². The molecule has 3 rings (SSSR count). The molecule has 2 aliphatic rings. The van der Waals surface area contributed by atoms with Crippen LogP contribution in [0.1, 0.15) is 101 Å². The summed E-state index contributed by atoms with van der Waals surface area (Å²) in [5.41, 5.74) is 0.627. The van der Waals surface area contributed by atoms with Crippen molar-refractivity contribution in [2.24, 2.45) is 35.5 Å². The molecule has 5 nitrogen and oxygen atoms in total. The molecule has 178 valence electrons. The maximum absolute atomic E-state index is 12.8. The Hall–Kier alpha value is -1.91. The van der Waals surface area contributed by atoms with Gasteiger partial charge in [-0.3, -0.25) is 0 Å². The lowest BCUT2D eigenvalue weighted by molar-refractivity contribution is -0.0189. The molecule has 2 aliphatic carbocycles. The molecule has 0 aliphatic heterocycles. The summed E-state index contributed by atoms with van der Waals surface area (Å²) in [6, 6.07) is 3.21. The van der Waals surface area contributed by atoms with E-state index in [1.165, 1.54) is 19.0 Å². The lowest BCUT2D eigenvalue weighted by atomic mass is 9.75. The smallest absolute Gasteiger partial charge is 0.357 e. The van der Waals surface area contributed by atoms with E-state index in [0.717, 1.165) is 25.7 Å². The van der Waals surface area contributed by atoms with Crippen LogP contribution in [0, 0.1) is 35.5 Å². The molecule has 1 heterocycles. The molecule has 0 bridgehead atoms. The Morgan fingerprint density at radius 1 is 0.812 bits per heavy atom. The minimum atomic E-state index is -0.407. The van der Waals surface area contributed by atoms with Gasteiger partial charge in [0, 0.05) is 6.20 Å². The van der Waals surface area contributed by atoms with Gasteiger partial charge < -0.3 is 9.47 Å². The number of hydrogen-bond donors (Lipinski definition) is 0. The molecule has 0 radical (unpaired) electrons. The van der Waals surface area contributed by atoms with E-state index < -0.39 is 5.97 Å². The Kier molecular flexibility index (Phi) is 8.35. The highest BCUT2D eigenvalue weighted by molar-refractivity contribution is 5.91. The van der Waals surface area contributed by atoms with Gasteiger partial charge in [-0.05, 0) is 73.3 Å². The number of aromatic nitrogens is 1. The highest BCUT2D eigenvalue weighted by Crippen LogP contribution is 2.37. The fourth-order valence-corrected chi connectivity index (χ4v) is 5.54. The molecule has 0 unspecified atom stereocenters. The second kappa shape index (κ2) is 10.8. The third kappa shape index (κ3) is 6.11. The van der Waals surface area contributed by atoms with Crippen LogP contribution < -0.4 is 0 Å². The van der Waals surface area contributed by atoms with E-state index in [-0.39, 0.29) is 23.9 Å². The first-order chi connectivity index (χ1) is 15.2. The van der Waals surface area contributed by atoms with Gasteiger partial charge in [0.15, 0.2) is 0 Å². The second-order valence-corrected chi connectivity index (χ2v) is 11.0. The maximum Gasteiger partial charge on any atom is 0.357 e. The minimum Gasteiger partial charge on any atom is -0.458 e. The molecular formula is C27H41NO4. The van der Waals surface area contributed by atoms with E-state index in [0.29, 0.717) is 41.1 Å². The summed E-state index contributed by atoms with van der Waals surface area (Å²) < 4.78 is 11.8. The monoisotopic (exact) mass is 443 g/mol. The van der Waals surface area contributed by atoms with E-state index in [4.69, 9.17) is 9.47 Å². The topological polar surface area (TPSA) is 65.5 Å². The van der Waals surface area contributed by atoms with Crippen molar-refractivity contribution in [3.8, 4) is 0 Å². The number of ether oxygens (including phenoxy) is 2. The van der Waals surface area contributed by atoms with Crippen LogP contribution in [0.4, 0.5) is 0 Å². The number of carbonyl (C=O) groups is 2. The van der Waals surface area contributed by atoms with Gasteiger partial charge in [-0.15, -0.1) is 0 Å². The average Bonchev–Trinajstić information content (AvgIpc) is 2.73. The Bertz CT molecular complexity index is 707. The first kappa shape index (κ1) is 24.7. The van der Waals surface area contributed by atoms with Crippen molar-refractivity contribution in [3.63, 3.8) is 0 Å². The standard InChI is InChI=1S/C27H41NO4/c1-16(2)21-10-7-18(5)13-24(21)31-26(29)20-9-12-23(28-15-20)27(30)32-25-14-19(6)8-11-22(25)17(3)4/h9,12,15-19,21-22,24-25H,7-8,10-11,13-14H2,1-6H3/t18-,19-,21-,22-,24-,25-/m1/s1. The lowest BCUT2D eigenvalue weighted by Crippen LogP contribution is -2.36. The lowest BCUT2D eigenvalue weighted by Gasteiger charge is -2.36. The van der Waals surface area contributed by atoms with Crippen LogP contribution in [0.15, 0.2) is 18.3 Å². The number of rotatable bonds is 6. The first-order valence-corrected chi connectivity index (χ1v) is 12.5. The zero-order chi connectivity index (χ0) is 23.4. The van der Waals surface area contributed by atoms with Crippen LogP contribution in [-0.4, -0.2) is 29.1 Å². The van der Waals surface area contributed by atoms with Crippen molar-refractivity contribution in [2.75, 3.05) is 0 Å². The third-order valence-electron chi connectivity index (χ3n) is 7.65. The molecule has 2 saturated carbocycles. The maximum atomic E-state index is 12.8. The Morgan fingerprint density at radius 3 is 1.75 bits per heavy atom. The van der Waals surface area contributed by atoms with E-state index in [1.807, 2.05) is 0 Å². The van der Waals surface area contributed by atoms with E-state index in [1.54, 1.807) is 12.1 Å². The van der Waals surface area contributed by atoms with Gasteiger partial charge in [-0.25, -0.2) is 14.6 Å². The normalized spacial score (nSPS) is 30.9. The molecule has 0 saturated heterocycles. The number of esters is 2. The highest BCUT2D eigenvalue weighted by Gasteiger charge is 2.35. The Labute approximate surface area is 193 Å². The van der Waals surface area contributed by atoms with Crippen molar-refractivity contribution >= 4 is 11.9 Å². The minimum absolute atomic E-state index is 0.0582. The fraction of sp³-hybridized carbons (Fsp3) is 0.741. The summed E-state index contributed by atoms with van der Waals surface area (Å²) in [6.45, 7) is 13.2. The molecule has 0 amide bonds. The molecule has 6 atom stereocenters. The highest BCUT2D eigenvalue weighted by atomic mass is 16.5. The van der Waals surface area contributed by atoms with Gasteiger partial charge in [0.25, 0.3) is 0 Å². The molecule has 0 spiro atoms. The molecule has 0 aromatic carbocycles. The summed E-state index contributed by atoms with van der Waals surface area (Å²) in [5.74, 6) is 2.09. The van der Waals surface area contributed by atoms with Gasteiger partial charge in [-0.2, -0.15) is 0 Å². The largest absolute Gasteiger partial charge is 0.458 e. The SMILES string of the molecule is CC(C)[C@H]1CC[C@@H](C)C[C@H]1OC(=O)c1ccc(C(=O)O[C@@H]2C[C@H](C)CC[C@@H]2C(C)C)nc1. The van der Waals surface area contributed by atoms with E-state index in [9.17, 15) is 9.59 Å². The third-order valence-corrected chi connectivity index (χ3v) is 7.65. The number of nitrogens with zero attached hydrogens (tertiary/aromatic N) is 1. The Morgan fingerprint density at radius 2 is 1.31 bits per heavy atom. The molecule has 1 aromatic heterocycles.